The Bertz CT molecular complexity index is 674. The number of phenolic OH excluding ortho intramolecular Hbond substituents is 1. The highest BCUT2D eigenvalue weighted by molar-refractivity contribution is 5.79. The molecule has 2 aromatic rings. The van der Waals surface area contributed by atoms with E-state index in [-0.39, 0.29) is 5.75 Å². The Morgan fingerprint density at radius 2 is 2.04 bits per heavy atom. The summed E-state index contributed by atoms with van der Waals surface area (Å²) in [6.45, 7) is 4.15. The first-order valence-electron chi connectivity index (χ1n) is 8.51. The molecule has 0 aliphatic rings. The summed E-state index contributed by atoms with van der Waals surface area (Å²) in [4.78, 5) is 8.86. The summed E-state index contributed by atoms with van der Waals surface area (Å²) in [5.74, 6) is 1.46. The number of aromatic nitrogens is 1. The third kappa shape index (κ3) is 5.99. The second kappa shape index (κ2) is 10.2. The first kappa shape index (κ1) is 18.6. The van der Waals surface area contributed by atoms with Gasteiger partial charge in [-0.1, -0.05) is 18.2 Å². The zero-order valence-electron chi connectivity index (χ0n) is 14.8. The van der Waals surface area contributed by atoms with Crippen molar-refractivity contribution in [1.29, 1.82) is 0 Å². The van der Waals surface area contributed by atoms with Crippen LogP contribution in [-0.2, 0) is 12.8 Å². The second-order valence-corrected chi connectivity index (χ2v) is 5.48. The van der Waals surface area contributed by atoms with E-state index in [1.54, 1.807) is 19.4 Å². The number of hydrogen-bond acceptors (Lipinski definition) is 4. The van der Waals surface area contributed by atoms with Crippen molar-refractivity contribution in [1.82, 2.24) is 15.6 Å². The van der Waals surface area contributed by atoms with Gasteiger partial charge in [-0.05, 0) is 37.1 Å². The Hall–Kier alpha value is -2.76. The molecule has 0 bridgehead atoms. The van der Waals surface area contributed by atoms with E-state index < -0.39 is 0 Å². The molecule has 1 heterocycles. The number of para-hydroxylation sites is 1. The number of nitrogens with zero attached hydrogens (tertiary/aromatic N) is 2. The van der Waals surface area contributed by atoms with Crippen molar-refractivity contribution in [3.05, 3.63) is 53.9 Å². The lowest BCUT2D eigenvalue weighted by atomic mass is 10.1. The number of ether oxygens (including phenoxy) is 1. The lowest BCUT2D eigenvalue weighted by molar-refractivity contribution is 0.370. The highest BCUT2D eigenvalue weighted by Crippen LogP contribution is 2.29. The number of nitrogens with one attached hydrogen (secondary N) is 2. The molecule has 3 N–H and O–H groups in total. The predicted octanol–water partition coefficient (Wildman–Crippen LogP) is 2.14. The molecule has 0 fully saturated rings. The van der Waals surface area contributed by atoms with E-state index in [1.807, 2.05) is 37.3 Å². The predicted molar refractivity (Wildman–Crippen MR) is 100 cm³/mol. The maximum atomic E-state index is 10.1. The fraction of sp³-hybridized carbons (Fsp3) is 0.368. The molecule has 0 aliphatic heterocycles. The molecule has 0 saturated heterocycles. The van der Waals surface area contributed by atoms with Gasteiger partial charge in [0.1, 0.15) is 0 Å². The monoisotopic (exact) mass is 342 g/mol. The molecule has 0 spiro atoms. The number of pyridine rings is 1. The molecule has 6 heteroatoms. The molecular formula is C19H26N4O2. The molecule has 2 rings (SSSR count). The molecule has 6 nitrogen and oxygen atoms in total. The van der Waals surface area contributed by atoms with Gasteiger partial charge >= 0.3 is 0 Å². The van der Waals surface area contributed by atoms with E-state index in [0.29, 0.717) is 25.3 Å². The number of phenols is 1. The number of guanidine groups is 1. The molecule has 1 aromatic carbocycles. The van der Waals surface area contributed by atoms with Crippen LogP contribution in [0.3, 0.4) is 0 Å². The van der Waals surface area contributed by atoms with Crippen molar-refractivity contribution in [3.63, 3.8) is 0 Å². The molecule has 134 valence electrons. The maximum Gasteiger partial charge on any atom is 0.191 e. The third-order valence-corrected chi connectivity index (χ3v) is 3.70. The van der Waals surface area contributed by atoms with E-state index in [4.69, 9.17) is 4.74 Å². The van der Waals surface area contributed by atoms with Crippen molar-refractivity contribution in [2.45, 2.75) is 19.8 Å². The lowest BCUT2D eigenvalue weighted by Gasteiger charge is -2.12. The van der Waals surface area contributed by atoms with Gasteiger partial charge in [-0.15, -0.1) is 0 Å². The summed E-state index contributed by atoms with van der Waals surface area (Å²) in [5.41, 5.74) is 1.87. The van der Waals surface area contributed by atoms with E-state index in [2.05, 4.69) is 20.6 Å². The normalized spacial score (nSPS) is 11.2. The van der Waals surface area contributed by atoms with Crippen molar-refractivity contribution >= 4 is 5.96 Å². The van der Waals surface area contributed by atoms with Crippen molar-refractivity contribution < 1.29 is 9.84 Å². The van der Waals surface area contributed by atoms with Crippen molar-refractivity contribution in [3.8, 4) is 11.5 Å². The summed E-state index contributed by atoms with van der Waals surface area (Å²) in [6.07, 6.45) is 3.27. The van der Waals surface area contributed by atoms with Gasteiger partial charge in [-0.2, -0.15) is 0 Å². The second-order valence-electron chi connectivity index (χ2n) is 5.48. The molecule has 0 saturated carbocycles. The van der Waals surface area contributed by atoms with Gasteiger partial charge in [0.25, 0.3) is 0 Å². The van der Waals surface area contributed by atoms with Crippen LogP contribution >= 0.6 is 0 Å². The molecule has 0 radical (unpaired) electrons. The Morgan fingerprint density at radius 3 is 2.76 bits per heavy atom. The number of benzene rings is 1. The first-order chi connectivity index (χ1) is 12.2. The zero-order valence-corrected chi connectivity index (χ0v) is 14.8. The summed E-state index contributed by atoms with van der Waals surface area (Å²) >= 11 is 0. The highest BCUT2D eigenvalue weighted by atomic mass is 16.5. The smallest absolute Gasteiger partial charge is 0.191 e. The molecular weight excluding hydrogens is 316 g/mol. The minimum Gasteiger partial charge on any atom is -0.504 e. The van der Waals surface area contributed by atoms with Gasteiger partial charge in [-0.3, -0.25) is 9.98 Å². The summed E-state index contributed by atoms with van der Waals surface area (Å²) in [7, 11) is 1.55. The van der Waals surface area contributed by atoms with E-state index in [0.717, 1.165) is 30.2 Å². The van der Waals surface area contributed by atoms with Gasteiger partial charge in [0.15, 0.2) is 17.5 Å². The molecule has 1 aromatic heterocycles. The van der Waals surface area contributed by atoms with Crippen LogP contribution in [0.2, 0.25) is 0 Å². The molecule has 0 unspecified atom stereocenters. The van der Waals surface area contributed by atoms with E-state index in [1.165, 1.54) is 0 Å². The number of rotatable bonds is 8. The van der Waals surface area contributed by atoms with Crippen LogP contribution in [0.4, 0.5) is 0 Å². The van der Waals surface area contributed by atoms with Gasteiger partial charge in [0.2, 0.25) is 0 Å². The van der Waals surface area contributed by atoms with Crippen LogP contribution in [0.25, 0.3) is 0 Å². The molecule has 0 amide bonds. The SMILES string of the molecule is CCNC(=NCCc1ccccn1)NCCc1cccc(OC)c1O. The van der Waals surface area contributed by atoms with Crippen LogP contribution < -0.4 is 15.4 Å². The third-order valence-electron chi connectivity index (χ3n) is 3.70. The van der Waals surface area contributed by atoms with Gasteiger partial charge in [0, 0.05) is 37.9 Å². The molecule has 0 aliphatic carbocycles. The summed E-state index contributed by atoms with van der Waals surface area (Å²) in [6, 6.07) is 11.4. The summed E-state index contributed by atoms with van der Waals surface area (Å²) < 4.78 is 5.13. The first-order valence-corrected chi connectivity index (χ1v) is 8.51. The fourth-order valence-electron chi connectivity index (χ4n) is 2.42. The van der Waals surface area contributed by atoms with Gasteiger partial charge in [-0.25, -0.2) is 0 Å². The average Bonchev–Trinajstić information content (AvgIpc) is 2.64. The van der Waals surface area contributed by atoms with Crippen LogP contribution in [0.15, 0.2) is 47.6 Å². The van der Waals surface area contributed by atoms with Crippen LogP contribution in [0.1, 0.15) is 18.2 Å². The largest absolute Gasteiger partial charge is 0.504 e. The van der Waals surface area contributed by atoms with Crippen LogP contribution in [0, 0.1) is 0 Å². The number of hydrogen-bond donors (Lipinski definition) is 3. The van der Waals surface area contributed by atoms with Crippen LogP contribution in [-0.4, -0.2) is 42.8 Å². The highest BCUT2D eigenvalue weighted by Gasteiger charge is 2.07. The minimum absolute atomic E-state index is 0.198. The van der Waals surface area contributed by atoms with Gasteiger partial charge < -0.3 is 20.5 Å². The van der Waals surface area contributed by atoms with Gasteiger partial charge in [0.05, 0.1) is 7.11 Å². The quantitative estimate of drug-likeness (QED) is 0.506. The summed E-state index contributed by atoms with van der Waals surface area (Å²) in [5, 5.41) is 16.6. The minimum atomic E-state index is 0.198. The molecule has 25 heavy (non-hydrogen) atoms. The van der Waals surface area contributed by atoms with Crippen molar-refractivity contribution in [2.75, 3.05) is 26.7 Å². The Labute approximate surface area is 149 Å². The lowest BCUT2D eigenvalue weighted by Crippen LogP contribution is -2.38. The van der Waals surface area contributed by atoms with Crippen LogP contribution in [0.5, 0.6) is 11.5 Å². The average molecular weight is 342 g/mol. The number of aliphatic imine (C=N–C) groups is 1. The Balaban J connectivity index is 1.85. The van der Waals surface area contributed by atoms with E-state index >= 15 is 0 Å². The van der Waals surface area contributed by atoms with E-state index in [9.17, 15) is 5.11 Å². The Morgan fingerprint density at radius 1 is 1.16 bits per heavy atom. The van der Waals surface area contributed by atoms with Crippen molar-refractivity contribution in [2.24, 2.45) is 4.99 Å². The standard InChI is InChI=1S/C19H26N4O2/c1-3-20-19(23-14-11-16-8-4-5-12-21-16)22-13-10-15-7-6-9-17(25-2)18(15)24/h4-9,12,24H,3,10-11,13-14H2,1-2H3,(H2,20,22,23). The number of aromatic hydroxyl groups is 1. The topological polar surface area (TPSA) is 78.8 Å². The fourth-order valence-corrected chi connectivity index (χ4v) is 2.42. The zero-order chi connectivity index (χ0) is 17.9. The number of methoxy groups -OCH3 is 1. The Kier molecular flexibility index (Phi) is 7.56. The molecule has 0 atom stereocenters. The maximum absolute atomic E-state index is 10.1.